The predicted octanol–water partition coefficient (Wildman–Crippen LogP) is 0.590. The van der Waals surface area contributed by atoms with Gasteiger partial charge in [0.25, 0.3) is 0 Å². The molecule has 0 atom stereocenters. The quantitative estimate of drug-likeness (QED) is 0.775. The molecule has 2 aromatic heterocycles. The summed E-state index contributed by atoms with van der Waals surface area (Å²) >= 11 is 0. The highest BCUT2D eigenvalue weighted by Crippen LogP contribution is 2.35. The topological polar surface area (TPSA) is 69.8 Å². The summed E-state index contributed by atoms with van der Waals surface area (Å²) in [5, 5.41) is 14.2. The van der Waals surface area contributed by atoms with Crippen molar-refractivity contribution in [2.75, 3.05) is 0 Å². The SMILES string of the molecule is O=C([O-])CC[n+]1ccc(-c2ncccc2C(F)(F)F)cn1. The fourth-order valence-corrected chi connectivity index (χ4v) is 1.73. The Morgan fingerprint density at radius 2 is 2.10 bits per heavy atom. The van der Waals surface area contributed by atoms with Gasteiger partial charge in [-0.1, -0.05) is 4.68 Å². The molecule has 0 saturated carbocycles. The Balaban J connectivity index is 2.29. The van der Waals surface area contributed by atoms with Gasteiger partial charge in [0.05, 0.1) is 11.3 Å². The van der Waals surface area contributed by atoms with Crippen molar-refractivity contribution in [2.24, 2.45) is 0 Å². The Morgan fingerprint density at radius 3 is 2.67 bits per heavy atom. The van der Waals surface area contributed by atoms with E-state index in [0.29, 0.717) is 0 Å². The van der Waals surface area contributed by atoms with E-state index in [0.717, 1.165) is 6.07 Å². The molecular formula is C13H10F3N3O2. The molecule has 8 heteroatoms. The lowest BCUT2D eigenvalue weighted by Gasteiger charge is -2.10. The maximum Gasteiger partial charge on any atom is 0.418 e. The number of carbonyl (C=O) groups excluding carboxylic acids is 1. The monoisotopic (exact) mass is 297 g/mol. The summed E-state index contributed by atoms with van der Waals surface area (Å²) in [6.07, 6.45) is -0.861. The molecule has 0 aliphatic heterocycles. The van der Waals surface area contributed by atoms with E-state index in [9.17, 15) is 23.1 Å². The number of aryl methyl sites for hydroxylation is 1. The van der Waals surface area contributed by atoms with Crippen molar-refractivity contribution >= 4 is 5.97 Å². The number of hydrogen-bond acceptors (Lipinski definition) is 4. The van der Waals surface area contributed by atoms with Crippen LogP contribution in [0.2, 0.25) is 0 Å². The standard InChI is InChI=1S/C13H10F3N3O2/c14-13(15,16)10-2-1-5-17-12(10)9-3-6-19(18-8-9)7-4-11(20)21/h1-3,5-6,8H,4,7H2. The van der Waals surface area contributed by atoms with Gasteiger partial charge in [0.15, 0.2) is 12.7 Å². The van der Waals surface area contributed by atoms with E-state index in [2.05, 4.69) is 10.1 Å². The summed E-state index contributed by atoms with van der Waals surface area (Å²) in [6, 6.07) is 3.56. The Kier molecular flexibility index (Phi) is 4.15. The van der Waals surface area contributed by atoms with E-state index in [4.69, 9.17) is 0 Å². The van der Waals surface area contributed by atoms with Gasteiger partial charge in [0.2, 0.25) is 0 Å². The molecule has 0 spiro atoms. The van der Waals surface area contributed by atoms with Crippen molar-refractivity contribution in [2.45, 2.75) is 19.1 Å². The van der Waals surface area contributed by atoms with E-state index in [1.807, 2.05) is 0 Å². The molecule has 2 aromatic rings. The summed E-state index contributed by atoms with van der Waals surface area (Å²) in [7, 11) is 0. The first-order valence-corrected chi connectivity index (χ1v) is 5.96. The highest BCUT2D eigenvalue weighted by Gasteiger charge is 2.34. The van der Waals surface area contributed by atoms with Crippen LogP contribution in [0.5, 0.6) is 0 Å². The molecule has 2 heterocycles. The van der Waals surface area contributed by atoms with Gasteiger partial charge in [-0.15, -0.1) is 0 Å². The van der Waals surface area contributed by atoms with Crippen LogP contribution in [-0.4, -0.2) is 16.1 Å². The van der Waals surface area contributed by atoms with Crippen LogP contribution >= 0.6 is 0 Å². The van der Waals surface area contributed by atoms with Crippen LogP contribution in [0.1, 0.15) is 12.0 Å². The fraction of sp³-hybridized carbons (Fsp3) is 0.231. The summed E-state index contributed by atoms with van der Waals surface area (Å²) < 4.78 is 40.0. The van der Waals surface area contributed by atoms with Crippen molar-refractivity contribution in [1.29, 1.82) is 0 Å². The maximum atomic E-state index is 12.9. The number of aliphatic carboxylic acids is 1. The average Bonchev–Trinajstić information content (AvgIpc) is 2.45. The number of carbonyl (C=O) groups is 1. The molecule has 0 unspecified atom stereocenters. The molecule has 0 fully saturated rings. The Labute approximate surface area is 117 Å². The number of aromatic nitrogens is 3. The third-order valence-electron chi connectivity index (χ3n) is 2.70. The lowest BCUT2D eigenvalue weighted by atomic mass is 10.1. The van der Waals surface area contributed by atoms with Gasteiger partial charge in [0, 0.05) is 30.2 Å². The van der Waals surface area contributed by atoms with Crippen LogP contribution in [0.15, 0.2) is 36.8 Å². The molecule has 0 aromatic carbocycles. The van der Waals surface area contributed by atoms with Crippen molar-refractivity contribution in [3.05, 3.63) is 42.4 Å². The third-order valence-corrected chi connectivity index (χ3v) is 2.70. The van der Waals surface area contributed by atoms with Crippen LogP contribution < -0.4 is 9.79 Å². The number of nitrogens with zero attached hydrogens (tertiary/aromatic N) is 3. The minimum absolute atomic E-state index is 0.0803. The number of alkyl halides is 3. The predicted molar refractivity (Wildman–Crippen MR) is 62.3 cm³/mol. The molecule has 2 rings (SSSR count). The number of hydrogen-bond donors (Lipinski definition) is 0. The number of carboxylic acid groups (broad SMARTS) is 1. The number of rotatable bonds is 4. The zero-order chi connectivity index (χ0) is 15.5. The Hall–Kier alpha value is -2.51. The molecule has 0 bridgehead atoms. The second-order valence-electron chi connectivity index (χ2n) is 4.20. The molecule has 0 aliphatic rings. The number of halogens is 3. The van der Waals surface area contributed by atoms with E-state index in [-0.39, 0.29) is 24.2 Å². The largest absolute Gasteiger partial charge is 0.550 e. The first-order chi connectivity index (χ1) is 9.88. The van der Waals surface area contributed by atoms with Crippen LogP contribution in [0.3, 0.4) is 0 Å². The molecule has 0 aliphatic carbocycles. The molecule has 0 N–H and O–H groups in total. The van der Waals surface area contributed by atoms with Crippen molar-refractivity contribution in [3.8, 4) is 11.3 Å². The molecule has 0 amide bonds. The van der Waals surface area contributed by atoms with Crippen LogP contribution in [0.25, 0.3) is 11.3 Å². The van der Waals surface area contributed by atoms with E-state index >= 15 is 0 Å². The second-order valence-corrected chi connectivity index (χ2v) is 4.20. The smallest absolute Gasteiger partial charge is 0.418 e. The molecular weight excluding hydrogens is 287 g/mol. The molecule has 110 valence electrons. The Bertz CT molecular complexity index is 642. The summed E-state index contributed by atoms with van der Waals surface area (Å²) in [4.78, 5) is 14.1. The first kappa shape index (κ1) is 14.9. The minimum Gasteiger partial charge on any atom is -0.550 e. The fourth-order valence-electron chi connectivity index (χ4n) is 1.73. The number of pyridine rings is 1. The number of carboxylic acids is 1. The van der Waals surface area contributed by atoms with Gasteiger partial charge >= 0.3 is 6.18 Å². The van der Waals surface area contributed by atoms with E-state index < -0.39 is 17.7 Å². The molecule has 0 saturated heterocycles. The van der Waals surface area contributed by atoms with Gasteiger partial charge < -0.3 is 9.90 Å². The second kappa shape index (κ2) is 5.86. The van der Waals surface area contributed by atoms with Crippen LogP contribution in [0, 0.1) is 0 Å². The van der Waals surface area contributed by atoms with Gasteiger partial charge in [-0.3, -0.25) is 4.98 Å². The van der Waals surface area contributed by atoms with Gasteiger partial charge in [-0.05, 0) is 17.2 Å². The van der Waals surface area contributed by atoms with Crippen molar-refractivity contribution < 1.29 is 27.8 Å². The molecule has 0 radical (unpaired) electrons. The molecule has 21 heavy (non-hydrogen) atoms. The van der Waals surface area contributed by atoms with Crippen molar-refractivity contribution in [1.82, 2.24) is 10.1 Å². The molecule has 5 nitrogen and oxygen atoms in total. The van der Waals surface area contributed by atoms with Crippen LogP contribution in [0.4, 0.5) is 13.2 Å². The summed E-state index contributed by atoms with van der Waals surface area (Å²) in [5.74, 6) is -1.22. The third kappa shape index (κ3) is 3.74. The average molecular weight is 297 g/mol. The highest BCUT2D eigenvalue weighted by molar-refractivity contribution is 5.63. The Morgan fingerprint density at radius 1 is 1.33 bits per heavy atom. The van der Waals surface area contributed by atoms with Crippen LogP contribution in [-0.2, 0) is 17.5 Å². The highest BCUT2D eigenvalue weighted by atomic mass is 19.4. The summed E-state index contributed by atoms with van der Waals surface area (Å²) in [6.45, 7) is 0.0803. The van der Waals surface area contributed by atoms with Gasteiger partial charge in [-0.2, -0.15) is 13.2 Å². The minimum atomic E-state index is -4.51. The van der Waals surface area contributed by atoms with Gasteiger partial charge in [-0.25, -0.2) is 0 Å². The summed E-state index contributed by atoms with van der Waals surface area (Å²) in [5.41, 5.74) is -0.864. The lowest BCUT2D eigenvalue weighted by molar-refractivity contribution is -0.753. The van der Waals surface area contributed by atoms with Crippen molar-refractivity contribution in [3.63, 3.8) is 0 Å². The van der Waals surface area contributed by atoms with Gasteiger partial charge in [0.1, 0.15) is 6.20 Å². The normalized spacial score (nSPS) is 11.4. The van der Waals surface area contributed by atoms with E-state index in [1.54, 1.807) is 0 Å². The zero-order valence-electron chi connectivity index (χ0n) is 10.7. The lowest BCUT2D eigenvalue weighted by Crippen LogP contribution is -2.40. The first-order valence-electron chi connectivity index (χ1n) is 5.96. The van der Waals surface area contributed by atoms with E-state index in [1.165, 1.54) is 35.4 Å². The zero-order valence-corrected chi connectivity index (χ0v) is 10.7. The maximum absolute atomic E-state index is 12.9.